The second kappa shape index (κ2) is 3.99. The molecule has 1 atom stereocenters. The SMILES string of the molecule is O=C(C1=CCC1C(=O)Cl)c1ccccc1. The van der Waals surface area contributed by atoms with Crippen LogP contribution in [0.2, 0.25) is 0 Å². The predicted molar refractivity (Wildman–Crippen MR) is 57.8 cm³/mol. The minimum Gasteiger partial charge on any atom is -0.289 e. The minimum atomic E-state index is -0.447. The van der Waals surface area contributed by atoms with E-state index in [0.29, 0.717) is 17.6 Å². The van der Waals surface area contributed by atoms with E-state index in [-0.39, 0.29) is 5.78 Å². The Morgan fingerprint density at radius 3 is 2.33 bits per heavy atom. The molecule has 1 aliphatic rings. The number of ketones is 1. The van der Waals surface area contributed by atoms with Gasteiger partial charge in [0, 0.05) is 11.1 Å². The highest BCUT2D eigenvalue weighted by atomic mass is 35.5. The summed E-state index contributed by atoms with van der Waals surface area (Å²) in [4.78, 5) is 22.8. The van der Waals surface area contributed by atoms with Crippen molar-refractivity contribution in [1.82, 2.24) is 0 Å². The maximum absolute atomic E-state index is 11.9. The number of halogens is 1. The number of rotatable bonds is 3. The molecule has 1 aromatic rings. The number of benzene rings is 1. The Hall–Kier alpha value is -1.41. The Morgan fingerprint density at radius 2 is 1.87 bits per heavy atom. The minimum absolute atomic E-state index is 0.0964. The number of hydrogen-bond donors (Lipinski definition) is 0. The van der Waals surface area contributed by atoms with Crippen molar-refractivity contribution in [2.45, 2.75) is 6.42 Å². The van der Waals surface area contributed by atoms with Gasteiger partial charge < -0.3 is 0 Å². The van der Waals surface area contributed by atoms with Crippen LogP contribution in [0.15, 0.2) is 42.0 Å². The Kier molecular flexibility index (Phi) is 2.69. The van der Waals surface area contributed by atoms with Gasteiger partial charge in [0.25, 0.3) is 0 Å². The summed E-state index contributed by atoms with van der Waals surface area (Å²) in [5, 5.41) is -0.447. The molecule has 15 heavy (non-hydrogen) atoms. The Labute approximate surface area is 92.6 Å². The lowest BCUT2D eigenvalue weighted by molar-refractivity contribution is -0.114. The van der Waals surface area contributed by atoms with Crippen LogP contribution in [-0.4, -0.2) is 11.0 Å². The van der Waals surface area contributed by atoms with E-state index in [4.69, 9.17) is 11.6 Å². The first-order chi connectivity index (χ1) is 7.20. The molecule has 1 unspecified atom stereocenters. The number of carbonyl (C=O) groups is 2. The second-order valence-corrected chi connectivity index (χ2v) is 3.82. The maximum atomic E-state index is 11.9. The van der Waals surface area contributed by atoms with E-state index in [0.717, 1.165) is 0 Å². The van der Waals surface area contributed by atoms with Crippen molar-refractivity contribution in [2.24, 2.45) is 5.92 Å². The molecule has 1 aromatic carbocycles. The summed E-state index contributed by atoms with van der Waals surface area (Å²) >= 11 is 5.37. The predicted octanol–water partition coefficient (Wildman–Crippen LogP) is 2.58. The first-order valence-corrected chi connectivity index (χ1v) is 5.07. The molecule has 0 saturated heterocycles. The van der Waals surface area contributed by atoms with Gasteiger partial charge in [-0.05, 0) is 18.0 Å². The zero-order valence-corrected chi connectivity index (χ0v) is 8.70. The molecule has 2 nitrogen and oxygen atoms in total. The molecule has 0 radical (unpaired) electrons. The zero-order valence-electron chi connectivity index (χ0n) is 7.94. The fourth-order valence-corrected chi connectivity index (χ4v) is 1.78. The van der Waals surface area contributed by atoms with E-state index < -0.39 is 11.2 Å². The molecule has 0 aromatic heterocycles. The molecule has 0 spiro atoms. The van der Waals surface area contributed by atoms with Crippen LogP contribution in [0, 0.1) is 5.92 Å². The molecule has 3 heteroatoms. The fourth-order valence-electron chi connectivity index (χ4n) is 1.58. The molecule has 0 N–H and O–H groups in total. The van der Waals surface area contributed by atoms with Gasteiger partial charge in [0.2, 0.25) is 5.24 Å². The van der Waals surface area contributed by atoms with Crippen LogP contribution in [0.5, 0.6) is 0 Å². The molecule has 2 rings (SSSR count). The normalized spacial score (nSPS) is 19.0. The first kappa shape index (κ1) is 10.1. The van der Waals surface area contributed by atoms with Crippen LogP contribution in [0.25, 0.3) is 0 Å². The van der Waals surface area contributed by atoms with Crippen molar-refractivity contribution < 1.29 is 9.59 Å². The van der Waals surface area contributed by atoms with Crippen molar-refractivity contribution in [3.05, 3.63) is 47.5 Å². The molecule has 0 aliphatic heterocycles. The van der Waals surface area contributed by atoms with E-state index in [1.54, 1.807) is 30.3 Å². The van der Waals surface area contributed by atoms with Crippen LogP contribution in [-0.2, 0) is 4.79 Å². The van der Waals surface area contributed by atoms with Gasteiger partial charge in [-0.1, -0.05) is 36.4 Å². The molecular weight excluding hydrogens is 212 g/mol. The van der Waals surface area contributed by atoms with Gasteiger partial charge in [0.1, 0.15) is 0 Å². The zero-order chi connectivity index (χ0) is 10.8. The molecule has 0 fully saturated rings. The lowest BCUT2D eigenvalue weighted by Crippen LogP contribution is -2.24. The van der Waals surface area contributed by atoms with Gasteiger partial charge in [0.15, 0.2) is 5.78 Å². The Balaban J connectivity index is 2.21. The summed E-state index contributed by atoms with van der Waals surface area (Å²) in [7, 11) is 0. The molecule has 76 valence electrons. The lowest BCUT2D eigenvalue weighted by atomic mass is 9.81. The third kappa shape index (κ3) is 1.85. The summed E-state index contributed by atoms with van der Waals surface area (Å²) in [5.74, 6) is -0.500. The lowest BCUT2D eigenvalue weighted by Gasteiger charge is -2.22. The highest BCUT2D eigenvalue weighted by molar-refractivity contribution is 6.64. The maximum Gasteiger partial charge on any atom is 0.229 e. The standard InChI is InChI=1S/C12H9ClO2/c13-12(15)10-7-6-9(10)11(14)8-4-2-1-3-5-8/h1-6,10H,7H2. The van der Waals surface area contributed by atoms with Gasteiger partial charge in [-0.25, -0.2) is 0 Å². The average molecular weight is 221 g/mol. The first-order valence-electron chi connectivity index (χ1n) is 4.69. The van der Waals surface area contributed by atoms with Gasteiger partial charge in [-0.3, -0.25) is 9.59 Å². The summed E-state index contributed by atoms with van der Waals surface area (Å²) in [5.41, 5.74) is 1.13. The number of hydrogen-bond acceptors (Lipinski definition) is 2. The fraction of sp³-hybridized carbons (Fsp3) is 0.167. The average Bonchev–Trinajstić information content (AvgIpc) is 2.16. The van der Waals surface area contributed by atoms with E-state index in [1.165, 1.54) is 0 Å². The van der Waals surface area contributed by atoms with Crippen LogP contribution in [0.3, 0.4) is 0 Å². The van der Waals surface area contributed by atoms with Gasteiger partial charge in [0.05, 0.1) is 5.92 Å². The number of carbonyl (C=O) groups excluding carboxylic acids is 2. The van der Waals surface area contributed by atoms with Crippen molar-refractivity contribution in [3.63, 3.8) is 0 Å². The topological polar surface area (TPSA) is 34.1 Å². The van der Waals surface area contributed by atoms with Gasteiger partial charge in [-0.15, -0.1) is 0 Å². The summed E-state index contributed by atoms with van der Waals surface area (Å²) in [6, 6.07) is 8.90. The number of allylic oxidation sites excluding steroid dienone is 2. The van der Waals surface area contributed by atoms with Gasteiger partial charge >= 0.3 is 0 Å². The van der Waals surface area contributed by atoms with Crippen LogP contribution in [0.1, 0.15) is 16.8 Å². The van der Waals surface area contributed by atoms with Crippen LogP contribution < -0.4 is 0 Å². The Morgan fingerprint density at radius 1 is 1.20 bits per heavy atom. The highest BCUT2D eigenvalue weighted by Gasteiger charge is 2.32. The Bertz CT molecular complexity index is 434. The van der Waals surface area contributed by atoms with Crippen LogP contribution >= 0.6 is 11.6 Å². The van der Waals surface area contributed by atoms with E-state index in [1.807, 2.05) is 6.07 Å². The highest BCUT2D eigenvalue weighted by Crippen LogP contribution is 2.31. The smallest absolute Gasteiger partial charge is 0.229 e. The van der Waals surface area contributed by atoms with Crippen molar-refractivity contribution in [1.29, 1.82) is 0 Å². The van der Waals surface area contributed by atoms with Crippen molar-refractivity contribution in [3.8, 4) is 0 Å². The van der Waals surface area contributed by atoms with Crippen molar-refractivity contribution in [2.75, 3.05) is 0 Å². The quantitative estimate of drug-likeness (QED) is 0.580. The molecule has 0 heterocycles. The monoisotopic (exact) mass is 220 g/mol. The third-order valence-corrected chi connectivity index (χ3v) is 2.78. The molecule has 0 bridgehead atoms. The van der Waals surface area contributed by atoms with Crippen molar-refractivity contribution >= 4 is 22.6 Å². The molecule has 1 aliphatic carbocycles. The summed E-state index contributed by atoms with van der Waals surface area (Å²) in [6.45, 7) is 0. The molecular formula is C12H9ClO2. The summed E-state index contributed by atoms with van der Waals surface area (Å²) < 4.78 is 0. The summed E-state index contributed by atoms with van der Waals surface area (Å²) in [6.07, 6.45) is 2.34. The van der Waals surface area contributed by atoms with E-state index >= 15 is 0 Å². The number of Topliss-reactive ketones (excluding diaryl/α,β-unsaturated/α-hetero) is 1. The van der Waals surface area contributed by atoms with E-state index in [9.17, 15) is 9.59 Å². The molecule has 0 amide bonds. The second-order valence-electron chi connectivity index (χ2n) is 3.45. The van der Waals surface area contributed by atoms with Gasteiger partial charge in [-0.2, -0.15) is 0 Å². The third-order valence-electron chi connectivity index (χ3n) is 2.52. The van der Waals surface area contributed by atoms with E-state index in [2.05, 4.69) is 0 Å². The largest absolute Gasteiger partial charge is 0.289 e. The van der Waals surface area contributed by atoms with Crippen LogP contribution in [0.4, 0.5) is 0 Å². The molecule has 0 saturated carbocycles.